The van der Waals surface area contributed by atoms with Crippen LogP contribution in [-0.2, 0) is 4.79 Å². The normalized spacial score (nSPS) is 11.9. The van der Waals surface area contributed by atoms with E-state index in [9.17, 15) is 9.59 Å². The van der Waals surface area contributed by atoms with Gasteiger partial charge in [-0.05, 0) is 24.6 Å². The fourth-order valence-corrected chi connectivity index (χ4v) is 1.84. The molecule has 0 aliphatic rings. The van der Waals surface area contributed by atoms with Crippen molar-refractivity contribution in [1.29, 1.82) is 0 Å². The summed E-state index contributed by atoms with van der Waals surface area (Å²) in [5.41, 5.74) is 1.15. The molecule has 1 rings (SSSR count). The Morgan fingerprint density at radius 3 is 2.67 bits per heavy atom. The molecule has 5 nitrogen and oxygen atoms in total. The van der Waals surface area contributed by atoms with Gasteiger partial charge in [0.25, 0.3) is 5.91 Å². The van der Waals surface area contributed by atoms with Crippen LogP contribution in [0, 0.1) is 6.92 Å². The van der Waals surface area contributed by atoms with Crippen molar-refractivity contribution >= 4 is 27.8 Å². The Hall–Kier alpha value is -1.40. The Kier molecular flexibility index (Phi) is 5.30. The molecule has 0 saturated carbocycles. The topological polar surface area (TPSA) is 86.6 Å². The number of halogens is 1. The third-order valence-corrected chi connectivity index (χ3v) is 3.39. The zero-order valence-corrected chi connectivity index (χ0v) is 11.4. The molecule has 1 amide bonds. The van der Waals surface area contributed by atoms with Crippen LogP contribution >= 0.6 is 15.9 Å². The van der Waals surface area contributed by atoms with E-state index in [1.54, 1.807) is 25.1 Å². The predicted octanol–water partition coefficient (Wildman–Crippen LogP) is 1.32. The molecule has 0 bridgehead atoms. The molecule has 1 aromatic rings. The van der Waals surface area contributed by atoms with Gasteiger partial charge in [-0.2, -0.15) is 0 Å². The second-order valence-corrected chi connectivity index (χ2v) is 4.64. The van der Waals surface area contributed by atoms with Gasteiger partial charge >= 0.3 is 5.97 Å². The molecular formula is C12H14BrNO4. The lowest BCUT2D eigenvalue weighted by Gasteiger charge is -2.14. The maximum atomic E-state index is 11.9. The lowest BCUT2D eigenvalue weighted by molar-refractivity contribution is -0.139. The molecule has 1 atom stereocenters. The number of aliphatic carboxylic acids is 1. The van der Waals surface area contributed by atoms with Gasteiger partial charge in [0.1, 0.15) is 6.04 Å². The van der Waals surface area contributed by atoms with E-state index in [1.165, 1.54) is 0 Å². The van der Waals surface area contributed by atoms with Crippen LogP contribution < -0.4 is 5.32 Å². The molecule has 0 unspecified atom stereocenters. The van der Waals surface area contributed by atoms with Crippen LogP contribution in [0.3, 0.4) is 0 Å². The van der Waals surface area contributed by atoms with Crippen molar-refractivity contribution in [3.63, 3.8) is 0 Å². The molecule has 0 aliphatic heterocycles. The number of carboxylic acid groups (broad SMARTS) is 1. The summed E-state index contributed by atoms with van der Waals surface area (Å²) in [6.45, 7) is 1.47. The summed E-state index contributed by atoms with van der Waals surface area (Å²) in [4.78, 5) is 22.8. The summed E-state index contributed by atoms with van der Waals surface area (Å²) in [6.07, 6.45) is -0.0197. The van der Waals surface area contributed by atoms with E-state index in [0.29, 0.717) is 5.56 Å². The minimum atomic E-state index is -1.16. The number of hydrogen-bond donors (Lipinski definition) is 3. The third-order valence-electron chi connectivity index (χ3n) is 2.53. The average molecular weight is 316 g/mol. The van der Waals surface area contributed by atoms with E-state index in [-0.39, 0.29) is 13.0 Å². The quantitative estimate of drug-likeness (QED) is 0.765. The molecule has 3 N–H and O–H groups in total. The smallest absolute Gasteiger partial charge is 0.326 e. The van der Waals surface area contributed by atoms with Gasteiger partial charge in [-0.3, -0.25) is 4.79 Å². The number of aliphatic hydroxyl groups excluding tert-OH is 1. The summed E-state index contributed by atoms with van der Waals surface area (Å²) < 4.78 is 0.782. The van der Waals surface area contributed by atoms with Crippen LogP contribution in [0.4, 0.5) is 0 Å². The Balaban J connectivity index is 2.87. The highest BCUT2D eigenvalue weighted by Gasteiger charge is 2.21. The molecule has 0 aliphatic carbocycles. The molecule has 0 heterocycles. The number of rotatable bonds is 5. The van der Waals surface area contributed by atoms with Crippen LogP contribution in [0.1, 0.15) is 22.3 Å². The monoisotopic (exact) mass is 315 g/mol. The molecule has 18 heavy (non-hydrogen) atoms. The fourth-order valence-electron chi connectivity index (χ4n) is 1.48. The second-order valence-electron chi connectivity index (χ2n) is 3.79. The summed E-state index contributed by atoms with van der Waals surface area (Å²) in [5.74, 6) is -1.63. The fraction of sp³-hybridized carbons (Fsp3) is 0.333. The Morgan fingerprint density at radius 1 is 1.44 bits per heavy atom. The van der Waals surface area contributed by atoms with Crippen molar-refractivity contribution in [2.45, 2.75) is 19.4 Å². The number of nitrogens with one attached hydrogen (secondary N) is 1. The molecule has 1 aromatic carbocycles. The maximum Gasteiger partial charge on any atom is 0.326 e. The Morgan fingerprint density at radius 2 is 2.11 bits per heavy atom. The molecule has 98 valence electrons. The first-order valence-corrected chi connectivity index (χ1v) is 6.16. The van der Waals surface area contributed by atoms with Crippen molar-refractivity contribution in [2.24, 2.45) is 0 Å². The van der Waals surface area contributed by atoms with Crippen molar-refractivity contribution in [1.82, 2.24) is 5.32 Å². The van der Waals surface area contributed by atoms with Crippen LogP contribution in [0.15, 0.2) is 22.7 Å². The second kappa shape index (κ2) is 6.51. The van der Waals surface area contributed by atoms with Gasteiger partial charge in [-0.25, -0.2) is 4.79 Å². The molecule has 0 radical (unpaired) electrons. The van der Waals surface area contributed by atoms with Crippen LogP contribution in [0.2, 0.25) is 0 Å². The first-order chi connectivity index (χ1) is 8.47. The number of benzene rings is 1. The van der Waals surface area contributed by atoms with Crippen LogP contribution in [0.5, 0.6) is 0 Å². The Labute approximate surface area is 113 Å². The number of amides is 1. The van der Waals surface area contributed by atoms with Gasteiger partial charge in [0.15, 0.2) is 0 Å². The zero-order valence-electron chi connectivity index (χ0n) is 9.81. The minimum Gasteiger partial charge on any atom is -0.480 e. The molecule has 0 aromatic heterocycles. The predicted molar refractivity (Wildman–Crippen MR) is 69.5 cm³/mol. The number of carbonyl (C=O) groups is 2. The van der Waals surface area contributed by atoms with Gasteiger partial charge in [0, 0.05) is 23.1 Å². The largest absolute Gasteiger partial charge is 0.480 e. The van der Waals surface area contributed by atoms with Crippen molar-refractivity contribution < 1.29 is 19.8 Å². The molecule has 6 heteroatoms. The number of carboxylic acids is 1. The van der Waals surface area contributed by atoms with Gasteiger partial charge in [-0.15, -0.1) is 0 Å². The van der Waals surface area contributed by atoms with E-state index < -0.39 is 17.9 Å². The van der Waals surface area contributed by atoms with E-state index in [4.69, 9.17) is 10.2 Å². The van der Waals surface area contributed by atoms with Crippen molar-refractivity contribution in [2.75, 3.05) is 6.61 Å². The molecule has 0 spiro atoms. The number of hydrogen-bond acceptors (Lipinski definition) is 3. The third kappa shape index (κ3) is 3.54. The van der Waals surface area contributed by atoms with Crippen LogP contribution in [-0.4, -0.2) is 34.7 Å². The van der Waals surface area contributed by atoms with E-state index >= 15 is 0 Å². The molecule has 0 saturated heterocycles. The first kappa shape index (κ1) is 14.7. The summed E-state index contributed by atoms with van der Waals surface area (Å²) in [5, 5.41) is 20.0. The van der Waals surface area contributed by atoms with Gasteiger partial charge in [0.05, 0.1) is 0 Å². The van der Waals surface area contributed by atoms with Crippen molar-refractivity contribution in [3.05, 3.63) is 33.8 Å². The van der Waals surface area contributed by atoms with Gasteiger partial charge in [0.2, 0.25) is 0 Å². The Bertz CT molecular complexity index is 461. The number of aliphatic hydroxyl groups is 1. The van der Waals surface area contributed by atoms with E-state index in [0.717, 1.165) is 10.0 Å². The highest BCUT2D eigenvalue weighted by molar-refractivity contribution is 9.10. The van der Waals surface area contributed by atoms with E-state index in [2.05, 4.69) is 21.2 Å². The van der Waals surface area contributed by atoms with Gasteiger partial charge in [-0.1, -0.05) is 22.0 Å². The van der Waals surface area contributed by atoms with Gasteiger partial charge < -0.3 is 15.5 Å². The highest BCUT2D eigenvalue weighted by Crippen LogP contribution is 2.19. The minimum absolute atomic E-state index is 0.0197. The summed E-state index contributed by atoms with van der Waals surface area (Å²) in [7, 11) is 0. The average Bonchev–Trinajstić information content (AvgIpc) is 2.31. The van der Waals surface area contributed by atoms with Crippen LogP contribution in [0.25, 0.3) is 0 Å². The first-order valence-electron chi connectivity index (χ1n) is 5.37. The SMILES string of the molecule is Cc1c(Br)cccc1C(=O)N[C@H](CCO)C(=O)O. The number of carbonyl (C=O) groups excluding carboxylic acids is 1. The maximum absolute atomic E-state index is 11.9. The lowest BCUT2D eigenvalue weighted by Crippen LogP contribution is -2.41. The summed E-state index contributed by atoms with van der Waals surface area (Å²) in [6, 6.07) is 4.04. The highest BCUT2D eigenvalue weighted by atomic mass is 79.9. The van der Waals surface area contributed by atoms with Crippen molar-refractivity contribution in [3.8, 4) is 0 Å². The molecular weight excluding hydrogens is 302 g/mol. The standard InChI is InChI=1S/C12H14BrNO4/c1-7-8(3-2-4-9(7)13)11(16)14-10(5-6-15)12(17)18/h2-4,10,15H,5-6H2,1H3,(H,14,16)(H,17,18)/t10-/m1/s1. The lowest BCUT2D eigenvalue weighted by atomic mass is 10.1. The van der Waals surface area contributed by atoms with E-state index in [1.807, 2.05) is 0 Å². The summed E-state index contributed by atoms with van der Waals surface area (Å²) >= 11 is 3.30. The zero-order chi connectivity index (χ0) is 13.7. The molecule has 0 fully saturated rings.